The molecule has 1 unspecified atom stereocenters. The molecule has 1 aromatic heterocycles. The van der Waals surface area contributed by atoms with Gasteiger partial charge in [0.1, 0.15) is 0 Å². The highest BCUT2D eigenvalue weighted by atomic mass is 79.9. The standard InChI is InChI=1S/C14H22BrN3O2/c1-10-14(15)12(17(2)16-10)9-18-7-5-4-6-11(18)8-13(19)20-3/h11H,4-9H2,1-3H3. The van der Waals surface area contributed by atoms with Crippen molar-refractivity contribution in [3.05, 3.63) is 15.9 Å². The molecule has 0 amide bonds. The number of nitrogens with zero attached hydrogens (tertiary/aromatic N) is 3. The van der Waals surface area contributed by atoms with Crippen molar-refractivity contribution >= 4 is 21.9 Å². The van der Waals surface area contributed by atoms with Crippen LogP contribution in [-0.4, -0.2) is 40.3 Å². The third-order valence-electron chi connectivity index (χ3n) is 3.99. The molecular formula is C14H22BrN3O2. The number of carbonyl (C=O) groups is 1. The number of hydrogen-bond donors (Lipinski definition) is 0. The molecule has 0 aromatic carbocycles. The fourth-order valence-electron chi connectivity index (χ4n) is 2.82. The third-order valence-corrected chi connectivity index (χ3v) is 5.03. The Morgan fingerprint density at radius 1 is 1.50 bits per heavy atom. The number of rotatable bonds is 4. The molecule has 0 bridgehead atoms. The molecule has 0 radical (unpaired) electrons. The fraction of sp³-hybridized carbons (Fsp3) is 0.714. The van der Waals surface area contributed by atoms with Gasteiger partial charge in [0.05, 0.1) is 29.4 Å². The van der Waals surface area contributed by atoms with Crippen LogP contribution in [0.15, 0.2) is 4.47 Å². The van der Waals surface area contributed by atoms with Crippen LogP contribution in [0.4, 0.5) is 0 Å². The molecule has 5 nitrogen and oxygen atoms in total. The summed E-state index contributed by atoms with van der Waals surface area (Å²) < 4.78 is 7.80. The molecule has 0 N–H and O–H groups in total. The molecule has 1 fully saturated rings. The van der Waals surface area contributed by atoms with E-state index < -0.39 is 0 Å². The lowest BCUT2D eigenvalue weighted by Gasteiger charge is -2.35. The van der Waals surface area contributed by atoms with E-state index in [0.717, 1.165) is 29.7 Å². The van der Waals surface area contributed by atoms with Gasteiger partial charge in [0.15, 0.2) is 0 Å². The van der Waals surface area contributed by atoms with Crippen molar-refractivity contribution in [2.75, 3.05) is 13.7 Å². The zero-order chi connectivity index (χ0) is 14.7. The average Bonchev–Trinajstić information content (AvgIpc) is 2.67. The highest BCUT2D eigenvalue weighted by Crippen LogP contribution is 2.26. The number of carbonyl (C=O) groups excluding carboxylic acids is 1. The SMILES string of the molecule is COC(=O)CC1CCCCN1Cc1c(Br)c(C)nn1C. The van der Waals surface area contributed by atoms with Gasteiger partial charge in [-0.05, 0) is 42.2 Å². The number of piperidine rings is 1. The largest absolute Gasteiger partial charge is 0.469 e. The Balaban J connectivity index is 2.10. The lowest BCUT2D eigenvalue weighted by molar-refractivity contribution is -0.142. The molecule has 1 aliphatic rings. The van der Waals surface area contributed by atoms with Crippen molar-refractivity contribution in [3.63, 3.8) is 0 Å². The zero-order valence-corrected chi connectivity index (χ0v) is 13.9. The van der Waals surface area contributed by atoms with Gasteiger partial charge in [0, 0.05) is 19.6 Å². The Hall–Kier alpha value is -0.880. The lowest BCUT2D eigenvalue weighted by atomic mass is 9.99. The van der Waals surface area contributed by atoms with Crippen molar-refractivity contribution in [1.82, 2.24) is 14.7 Å². The number of methoxy groups -OCH3 is 1. The molecule has 1 aliphatic heterocycles. The Morgan fingerprint density at radius 2 is 2.25 bits per heavy atom. The summed E-state index contributed by atoms with van der Waals surface area (Å²) >= 11 is 3.61. The Morgan fingerprint density at radius 3 is 2.85 bits per heavy atom. The van der Waals surface area contributed by atoms with Gasteiger partial charge < -0.3 is 4.74 Å². The van der Waals surface area contributed by atoms with E-state index in [-0.39, 0.29) is 12.0 Å². The Kier molecular flexibility index (Phi) is 5.21. The number of aryl methyl sites for hydroxylation is 2. The highest BCUT2D eigenvalue weighted by Gasteiger charge is 2.26. The lowest BCUT2D eigenvalue weighted by Crippen LogP contribution is -2.40. The maximum absolute atomic E-state index is 11.5. The number of ether oxygens (including phenoxy) is 1. The first-order valence-electron chi connectivity index (χ1n) is 7.01. The van der Waals surface area contributed by atoms with Gasteiger partial charge in [0.2, 0.25) is 0 Å². The number of halogens is 1. The summed E-state index contributed by atoms with van der Waals surface area (Å²) in [6.45, 7) is 3.84. The first-order chi connectivity index (χ1) is 9.52. The maximum atomic E-state index is 11.5. The quantitative estimate of drug-likeness (QED) is 0.787. The topological polar surface area (TPSA) is 47.4 Å². The molecule has 2 heterocycles. The molecule has 2 rings (SSSR count). The average molecular weight is 344 g/mol. The molecule has 1 saturated heterocycles. The minimum absolute atomic E-state index is 0.123. The minimum Gasteiger partial charge on any atom is -0.469 e. The molecule has 0 saturated carbocycles. The highest BCUT2D eigenvalue weighted by molar-refractivity contribution is 9.10. The minimum atomic E-state index is -0.123. The van der Waals surface area contributed by atoms with Gasteiger partial charge in [-0.2, -0.15) is 5.10 Å². The number of hydrogen-bond acceptors (Lipinski definition) is 4. The van der Waals surface area contributed by atoms with Gasteiger partial charge >= 0.3 is 5.97 Å². The van der Waals surface area contributed by atoms with Crippen molar-refractivity contribution in [2.45, 2.75) is 45.2 Å². The van der Waals surface area contributed by atoms with Crippen LogP contribution < -0.4 is 0 Å². The van der Waals surface area contributed by atoms with Crippen molar-refractivity contribution in [1.29, 1.82) is 0 Å². The van der Waals surface area contributed by atoms with Crippen LogP contribution in [0.1, 0.15) is 37.1 Å². The van der Waals surface area contributed by atoms with Crippen molar-refractivity contribution in [3.8, 4) is 0 Å². The first kappa shape index (κ1) is 15.5. The number of esters is 1. The van der Waals surface area contributed by atoms with E-state index in [0.29, 0.717) is 6.42 Å². The molecule has 1 atom stereocenters. The molecule has 0 aliphatic carbocycles. The second kappa shape index (κ2) is 6.72. The maximum Gasteiger partial charge on any atom is 0.307 e. The van der Waals surface area contributed by atoms with E-state index in [9.17, 15) is 4.79 Å². The zero-order valence-electron chi connectivity index (χ0n) is 12.4. The normalized spacial score (nSPS) is 20.1. The van der Waals surface area contributed by atoms with E-state index in [1.807, 2.05) is 18.7 Å². The number of aromatic nitrogens is 2. The van der Waals surface area contributed by atoms with Crippen LogP contribution in [-0.2, 0) is 23.1 Å². The third kappa shape index (κ3) is 3.41. The van der Waals surface area contributed by atoms with Gasteiger partial charge in [0.25, 0.3) is 0 Å². The summed E-state index contributed by atoms with van der Waals surface area (Å²) in [6.07, 6.45) is 3.91. The summed E-state index contributed by atoms with van der Waals surface area (Å²) in [5.74, 6) is -0.123. The summed E-state index contributed by atoms with van der Waals surface area (Å²) in [5, 5.41) is 4.43. The van der Waals surface area contributed by atoms with E-state index in [2.05, 4.69) is 25.9 Å². The predicted octanol–water partition coefficient (Wildman–Crippen LogP) is 2.41. The van der Waals surface area contributed by atoms with Crippen LogP contribution in [0.2, 0.25) is 0 Å². The molecule has 20 heavy (non-hydrogen) atoms. The Labute approximate surface area is 128 Å². The molecular weight excluding hydrogens is 322 g/mol. The van der Waals surface area contributed by atoms with Crippen LogP contribution in [0.5, 0.6) is 0 Å². The molecule has 6 heteroatoms. The van der Waals surface area contributed by atoms with Crippen molar-refractivity contribution in [2.24, 2.45) is 7.05 Å². The van der Waals surface area contributed by atoms with Gasteiger partial charge in [-0.3, -0.25) is 14.4 Å². The van der Waals surface area contributed by atoms with Crippen LogP contribution >= 0.6 is 15.9 Å². The van der Waals surface area contributed by atoms with Crippen LogP contribution in [0, 0.1) is 6.92 Å². The molecule has 0 spiro atoms. The first-order valence-corrected chi connectivity index (χ1v) is 7.81. The molecule has 112 valence electrons. The van der Waals surface area contributed by atoms with Gasteiger partial charge in [-0.25, -0.2) is 0 Å². The second-order valence-corrected chi connectivity index (χ2v) is 6.16. The van der Waals surface area contributed by atoms with E-state index >= 15 is 0 Å². The second-order valence-electron chi connectivity index (χ2n) is 5.37. The van der Waals surface area contributed by atoms with E-state index in [1.54, 1.807) is 0 Å². The van der Waals surface area contributed by atoms with Gasteiger partial charge in [-0.1, -0.05) is 6.42 Å². The summed E-state index contributed by atoms with van der Waals surface area (Å²) in [7, 11) is 3.42. The summed E-state index contributed by atoms with van der Waals surface area (Å²) in [5.41, 5.74) is 2.17. The monoisotopic (exact) mass is 343 g/mol. The molecule has 1 aromatic rings. The summed E-state index contributed by atoms with van der Waals surface area (Å²) in [6, 6.07) is 0.276. The predicted molar refractivity (Wildman–Crippen MR) is 80.3 cm³/mol. The van der Waals surface area contributed by atoms with E-state index in [1.165, 1.54) is 25.6 Å². The van der Waals surface area contributed by atoms with Gasteiger partial charge in [-0.15, -0.1) is 0 Å². The summed E-state index contributed by atoms with van der Waals surface area (Å²) in [4.78, 5) is 13.9. The van der Waals surface area contributed by atoms with Crippen LogP contribution in [0.3, 0.4) is 0 Å². The number of likely N-dealkylation sites (tertiary alicyclic amines) is 1. The van der Waals surface area contributed by atoms with Crippen molar-refractivity contribution < 1.29 is 9.53 Å². The van der Waals surface area contributed by atoms with Crippen LogP contribution in [0.25, 0.3) is 0 Å². The fourth-order valence-corrected chi connectivity index (χ4v) is 3.28. The Bertz CT molecular complexity index is 487. The smallest absolute Gasteiger partial charge is 0.307 e. The van der Waals surface area contributed by atoms with E-state index in [4.69, 9.17) is 4.74 Å².